The third-order valence-corrected chi connectivity index (χ3v) is 1.61. The van der Waals surface area contributed by atoms with E-state index in [0.717, 1.165) is 0 Å². The average Bonchev–Trinajstić information content (AvgIpc) is 2.05. The minimum absolute atomic E-state index is 0.284. The Bertz CT molecular complexity index is 338. The second-order valence-corrected chi connectivity index (χ2v) is 2.58. The van der Waals surface area contributed by atoms with Crippen molar-refractivity contribution in [3.8, 4) is 10.8 Å². The number of hydrogen-bond acceptors (Lipinski definition) is 1. The summed E-state index contributed by atoms with van der Waals surface area (Å²) in [4.78, 5) is 2.48. The molecule has 1 aromatic carbocycles. The molecule has 1 nitrogen and oxygen atoms in total. The highest BCUT2D eigenvalue weighted by Crippen LogP contribution is 2.09. The van der Waals surface area contributed by atoms with Gasteiger partial charge in [-0.15, -0.1) is 0 Å². The molecule has 0 unspecified atom stereocenters. The minimum atomic E-state index is -0.426. The number of aliphatic hydroxyl groups is 1. The van der Waals surface area contributed by atoms with E-state index in [9.17, 15) is 4.39 Å². The normalized spacial score (nSPS) is 8.92. The number of aliphatic hydroxyl groups excluding tert-OH is 1. The van der Waals surface area contributed by atoms with Gasteiger partial charge in [0.2, 0.25) is 0 Å². The molecule has 0 aliphatic carbocycles. The average molecular weight is 229 g/mol. The molecule has 0 heterocycles. The summed E-state index contributed by atoms with van der Waals surface area (Å²) < 4.78 is 12.9. The second-order valence-electron chi connectivity index (χ2n) is 2.18. The molecule has 1 rings (SSSR count). The summed E-state index contributed by atoms with van der Waals surface area (Å²) in [6.45, 7) is -0.284. The third-order valence-electron chi connectivity index (χ3n) is 1.41. The Hall–Kier alpha value is -0.850. The van der Waals surface area contributed by atoms with Gasteiger partial charge in [-0.05, 0) is 17.0 Å². The van der Waals surface area contributed by atoms with Gasteiger partial charge in [0.25, 0.3) is 0 Å². The predicted molar refractivity (Wildman–Crippen MR) is 48.1 cm³/mol. The van der Waals surface area contributed by atoms with Crippen molar-refractivity contribution < 1.29 is 9.50 Å². The highest BCUT2D eigenvalue weighted by Gasteiger charge is 1.99. The van der Waals surface area contributed by atoms with E-state index < -0.39 is 5.82 Å². The van der Waals surface area contributed by atoms with Crippen LogP contribution in [0.2, 0.25) is 0 Å². The van der Waals surface area contributed by atoms with E-state index in [4.69, 9.17) is 5.11 Å². The number of halogens is 2. The van der Waals surface area contributed by atoms with Crippen molar-refractivity contribution in [2.24, 2.45) is 0 Å². The molecule has 0 aliphatic rings. The Morgan fingerprint density at radius 1 is 1.50 bits per heavy atom. The van der Waals surface area contributed by atoms with Crippen LogP contribution in [0.4, 0.5) is 4.39 Å². The molecule has 0 radical (unpaired) electrons. The van der Waals surface area contributed by atoms with Gasteiger partial charge in [-0.3, -0.25) is 0 Å². The Morgan fingerprint density at radius 3 is 2.75 bits per heavy atom. The molecule has 0 amide bonds. The lowest BCUT2D eigenvalue weighted by Crippen LogP contribution is -1.89. The zero-order valence-corrected chi connectivity index (χ0v) is 7.73. The van der Waals surface area contributed by atoms with E-state index in [1.54, 1.807) is 6.07 Å². The molecule has 0 saturated carbocycles. The molecule has 1 aromatic rings. The van der Waals surface area contributed by atoms with Crippen molar-refractivity contribution in [1.82, 2.24) is 0 Å². The van der Waals surface area contributed by atoms with Crippen LogP contribution >= 0.6 is 15.9 Å². The van der Waals surface area contributed by atoms with Gasteiger partial charge in [0.1, 0.15) is 5.82 Å². The quantitative estimate of drug-likeness (QED) is 0.730. The molecule has 0 fully saturated rings. The maximum Gasteiger partial charge on any atom is 0.129 e. The first-order chi connectivity index (χ1) is 5.77. The third kappa shape index (κ3) is 2.07. The molecule has 3 heteroatoms. The SMILES string of the molecule is OCc1ccc(C#CBr)cc1F. The van der Waals surface area contributed by atoms with Gasteiger partial charge in [0.05, 0.1) is 6.61 Å². The molecule has 0 atom stereocenters. The first-order valence-corrected chi connectivity index (χ1v) is 4.08. The fraction of sp³-hybridized carbons (Fsp3) is 0.111. The van der Waals surface area contributed by atoms with Crippen LogP contribution in [-0.2, 0) is 6.61 Å². The fourth-order valence-corrected chi connectivity index (χ4v) is 1.04. The molecule has 62 valence electrons. The van der Waals surface area contributed by atoms with E-state index in [0.29, 0.717) is 5.56 Å². The van der Waals surface area contributed by atoms with Gasteiger partial charge in [-0.1, -0.05) is 12.0 Å². The van der Waals surface area contributed by atoms with E-state index in [-0.39, 0.29) is 12.2 Å². The summed E-state index contributed by atoms with van der Waals surface area (Å²) in [7, 11) is 0. The van der Waals surface area contributed by atoms with Crippen molar-refractivity contribution in [2.75, 3.05) is 0 Å². The lowest BCUT2D eigenvalue weighted by Gasteiger charge is -1.97. The minimum Gasteiger partial charge on any atom is -0.392 e. The molecular weight excluding hydrogens is 223 g/mol. The Labute approximate surface area is 78.4 Å². The molecule has 0 bridgehead atoms. The predicted octanol–water partition coefficient (Wildman–Crippen LogP) is 2.02. The number of benzene rings is 1. The van der Waals surface area contributed by atoms with Gasteiger partial charge in [-0.2, -0.15) is 0 Å². The van der Waals surface area contributed by atoms with Gasteiger partial charge in [0, 0.05) is 27.1 Å². The lowest BCUT2D eigenvalue weighted by molar-refractivity contribution is 0.275. The van der Waals surface area contributed by atoms with E-state index in [1.807, 2.05) is 0 Å². The summed E-state index contributed by atoms with van der Waals surface area (Å²) in [6.07, 6.45) is 0. The highest BCUT2D eigenvalue weighted by atomic mass is 79.9. The van der Waals surface area contributed by atoms with E-state index in [1.165, 1.54) is 12.1 Å². The maximum atomic E-state index is 12.9. The second kappa shape index (κ2) is 4.24. The topological polar surface area (TPSA) is 20.2 Å². The number of rotatable bonds is 1. The van der Waals surface area contributed by atoms with Crippen LogP contribution in [0, 0.1) is 16.6 Å². The first kappa shape index (κ1) is 9.24. The zero-order valence-electron chi connectivity index (χ0n) is 6.14. The highest BCUT2D eigenvalue weighted by molar-refractivity contribution is 9.12. The Balaban J connectivity index is 3.07. The fourth-order valence-electron chi connectivity index (χ4n) is 0.808. The largest absolute Gasteiger partial charge is 0.392 e. The molecule has 1 N–H and O–H groups in total. The van der Waals surface area contributed by atoms with Crippen LogP contribution in [0.15, 0.2) is 18.2 Å². The first-order valence-electron chi connectivity index (χ1n) is 3.29. The van der Waals surface area contributed by atoms with Crippen molar-refractivity contribution in [3.05, 3.63) is 35.1 Å². The molecule has 0 spiro atoms. The zero-order chi connectivity index (χ0) is 8.97. The monoisotopic (exact) mass is 228 g/mol. The molecule has 0 aromatic heterocycles. The van der Waals surface area contributed by atoms with Crippen LogP contribution in [0.3, 0.4) is 0 Å². The summed E-state index contributed by atoms with van der Waals surface area (Å²) >= 11 is 2.91. The summed E-state index contributed by atoms with van der Waals surface area (Å²) in [5.74, 6) is 2.22. The molecule has 0 aliphatic heterocycles. The van der Waals surface area contributed by atoms with Crippen molar-refractivity contribution in [1.29, 1.82) is 0 Å². The summed E-state index contributed by atoms with van der Waals surface area (Å²) in [5, 5.41) is 8.65. The van der Waals surface area contributed by atoms with E-state index in [2.05, 4.69) is 26.7 Å². The van der Waals surface area contributed by atoms with Gasteiger partial charge in [0.15, 0.2) is 0 Å². The standard InChI is InChI=1S/C9H6BrFO/c10-4-3-7-1-2-8(6-12)9(11)5-7/h1-2,5,12H,6H2. The van der Waals surface area contributed by atoms with Crippen molar-refractivity contribution in [3.63, 3.8) is 0 Å². The van der Waals surface area contributed by atoms with Crippen molar-refractivity contribution >= 4 is 15.9 Å². The van der Waals surface area contributed by atoms with Crippen molar-refractivity contribution in [2.45, 2.75) is 6.61 Å². The van der Waals surface area contributed by atoms with Gasteiger partial charge < -0.3 is 5.11 Å². The van der Waals surface area contributed by atoms with Gasteiger partial charge in [-0.25, -0.2) is 4.39 Å². The van der Waals surface area contributed by atoms with Crippen LogP contribution in [0.25, 0.3) is 0 Å². The molecular formula is C9H6BrFO. The Kier molecular flexibility index (Phi) is 3.27. The molecule has 12 heavy (non-hydrogen) atoms. The maximum absolute atomic E-state index is 12.9. The smallest absolute Gasteiger partial charge is 0.129 e. The molecule has 0 saturated heterocycles. The number of hydrogen-bond donors (Lipinski definition) is 1. The van der Waals surface area contributed by atoms with Gasteiger partial charge >= 0.3 is 0 Å². The Morgan fingerprint density at radius 2 is 2.25 bits per heavy atom. The van der Waals surface area contributed by atoms with Crippen LogP contribution < -0.4 is 0 Å². The summed E-state index contributed by atoms with van der Waals surface area (Å²) in [5.41, 5.74) is 0.872. The van der Waals surface area contributed by atoms with Crippen LogP contribution in [-0.4, -0.2) is 5.11 Å². The lowest BCUT2D eigenvalue weighted by atomic mass is 10.1. The van der Waals surface area contributed by atoms with E-state index >= 15 is 0 Å². The van der Waals surface area contributed by atoms with Crippen LogP contribution in [0.5, 0.6) is 0 Å². The van der Waals surface area contributed by atoms with Crippen LogP contribution in [0.1, 0.15) is 11.1 Å². The summed E-state index contributed by atoms with van der Waals surface area (Å²) in [6, 6.07) is 4.46.